The second-order valence-electron chi connectivity index (χ2n) is 5.15. The number of rotatable bonds is 3. The van der Waals surface area contributed by atoms with Crippen molar-refractivity contribution in [3.8, 4) is 5.69 Å². The van der Waals surface area contributed by atoms with Gasteiger partial charge in [-0.05, 0) is 30.7 Å². The predicted octanol–water partition coefficient (Wildman–Crippen LogP) is 1.16. The highest BCUT2D eigenvalue weighted by Crippen LogP contribution is 2.18. The Hall–Kier alpha value is -1.92. The van der Waals surface area contributed by atoms with Crippen LogP contribution in [0.2, 0.25) is 5.02 Å². The Morgan fingerprint density at radius 3 is 3.05 bits per heavy atom. The summed E-state index contributed by atoms with van der Waals surface area (Å²) < 4.78 is 1.74. The first-order valence-corrected chi connectivity index (χ1v) is 7.16. The van der Waals surface area contributed by atoms with Crippen LogP contribution in [-0.4, -0.2) is 45.4 Å². The van der Waals surface area contributed by atoms with Gasteiger partial charge in [-0.25, -0.2) is 4.68 Å². The van der Waals surface area contributed by atoms with Crippen LogP contribution in [-0.2, 0) is 11.3 Å². The number of aromatic nitrogens is 3. The zero-order chi connectivity index (χ0) is 14.8. The molecule has 0 spiro atoms. The van der Waals surface area contributed by atoms with E-state index in [-0.39, 0.29) is 5.91 Å². The maximum absolute atomic E-state index is 11.4. The summed E-state index contributed by atoms with van der Waals surface area (Å²) in [7, 11) is 0. The summed E-state index contributed by atoms with van der Waals surface area (Å²) in [4.78, 5) is 13.4. The number of hydrogen-bond donors (Lipinski definition) is 1. The van der Waals surface area contributed by atoms with Crippen molar-refractivity contribution in [3.63, 3.8) is 0 Å². The van der Waals surface area contributed by atoms with Crippen molar-refractivity contribution in [2.24, 2.45) is 0 Å². The first-order chi connectivity index (χ1) is 10.1. The van der Waals surface area contributed by atoms with Gasteiger partial charge >= 0.3 is 0 Å². The Labute approximate surface area is 127 Å². The molecule has 110 valence electrons. The zero-order valence-electron chi connectivity index (χ0n) is 11.7. The molecule has 1 saturated heterocycles. The van der Waals surface area contributed by atoms with Crippen LogP contribution >= 0.6 is 11.6 Å². The van der Waals surface area contributed by atoms with E-state index in [2.05, 4.69) is 20.5 Å². The SMILES string of the molecule is Cc1cc(Cl)ccc1-n1cc(CN2CCNC(=O)C2)nn1. The van der Waals surface area contributed by atoms with E-state index in [1.807, 2.05) is 31.3 Å². The lowest BCUT2D eigenvalue weighted by Gasteiger charge is -2.25. The van der Waals surface area contributed by atoms with Crippen molar-refractivity contribution >= 4 is 17.5 Å². The fourth-order valence-corrected chi connectivity index (χ4v) is 2.65. The van der Waals surface area contributed by atoms with Crippen LogP contribution in [0.3, 0.4) is 0 Å². The molecule has 1 aromatic heterocycles. The Morgan fingerprint density at radius 1 is 1.43 bits per heavy atom. The van der Waals surface area contributed by atoms with Gasteiger partial charge in [-0.3, -0.25) is 9.69 Å². The Morgan fingerprint density at radius 2 is 2.29 bits per heavy atom. The minimum atomic E-state index is 0.0576. The average Bonchev–Trinajstić information content (AvgIpc) is 2.87. The number of hydrogen-bond acceptors (Lipinski definition) is 4. The van der Waals surface area contributed by atoms with Crippen LogP contribution < -0.4 is 5.32 Å². The number of piperazine rings is 1. The van der Waals surface area contributed by atoms with E-state index in [1.54, 1.807) is 4.68 Å². The van der Waals surface area contributed by atoms with Gasteiger partial charge < -0.3 is 5.32 Å². The molecule has 1 aliphatic heterocycles. The van der Waals surface area contributed by atoms with E-state index < -0.39 is 0 Å². The summed E-state index contributed by atoms with van der Waals surface area (Å²) in [6.07, 6.45) is 1.89. The summed E-state index contributed by atoms with van der Waals surface area (Å²) in [5, 5.41) is 11.9. The molecule has 3 rings (SSSR count). The van der Waals surface area contributed by atoms with Gasteiger partial charge in [-0.2, -0.15) is 0 Å². The minimum absolute atomic E-state index is 0.0576. The monoisotopic (exact) mass is 305 g/mol. The second kappa shape index (κ2) is 5.83. The van der Waals surface area contributed by atoms with Crippen molar-refractivity contribution in [2.75, 3.05) is 19.6 Å². The third-order valence-electron chi connectivity index (χ3n) is 3.45. The second-order valence-corrected chi connectivity index (χ2v) is 5.58. The summed E-state index contributed by atoms with van der Waals surface area (Å²) in [5.41, 5.74) is 2.84. The molecule has 0 atom stereocenters. The number of aryl methyl sites for hydroxylation is 1. The average molecular weight is 306 g/mol. The Balaban J connectivity index is 1.75. The van der Waals surface area contributed by atoms with Crippen LogP contribution in [0.5, 0.6) is 0 Å². The maximum atomic E-state index is 11.4. The number of carbonyl (C=O) groups is 1. The molecule has 1 fully saturated rings. The molecule has 1 N–H and O–H groups in total. The van der Waals surface area contributed by atoms with E-state index in [4.69, 9.17) is 11.6 Å². The lowest BCUT2D eigenvalue weighted by Crippen LogP contribution is -2.47. The molecule has 1 aromatic carbocycles. The van der Waals surface area contributed by atoms with Gasteiger partial charge in [-0.1, -0.05) is 16.8 Å². The van der Waals surface area contributed by atoms with Gasteiger partial charge in [0.15, 0.2) is 0 Å². The largest absolute Gasteiger partial charge is 0.354 e. The normalized spacial score (nSPS) is 16.0. The minimum Gasteiger partial charge on any atom is -0.354 e. The third-order valence-corrected chi connectivity index (χ3v) is 3.68. The fraction of sp³-hybridized carbons (Fsp3) is 0.357. The lowest BCUT2D eigenvalue weighted by atomic mass is 10.2. The van der Waals surface area contributed by atoms with Crippen molar-refractivity contribution in [1.82, 2.24) is 25.2 Å². The molecule has 21 heavy (non-hydrogen) atoms. The Bertz CT molecular complexity index is 669. The van der Waals surface area contributed by atoms with Crippen molar-refractivity contribution < 1.29 is 4.79 Å². The van der Waals surface area contributed by atoms with Gasteiger partial charge in [0.05, 0.1) is 24.1 Å². The molecule has 0 unspecified atom stereocenters. The molecular formula is C14H16ClN5O. The molecule has 2 heterocycles. The molecule has 0 aliphatic carbocycles. The van der Waals surface area contributed by atoms with Crippen molar-refractivity contribution in [2.45, 2.75) is 13.5 Å². The third kappa shape index (κ3) is 3.22. The number of carbonyl (C=O) groups excluding carboxylic acids is 1. The molecule has 6 nitrogen and oxygen atoms in total. The number of halogens is 1. The topological polar surface area (TPSA) is 63.0 Å². The van der Waals surface area contributed by atoms with Gasteiger partial charge in [0.2, 0.25) is 5.91 Å². The quantitative estimate of drug-likeness (QED) is 0.924. The zero-order valence-corrected chi connectivity index (χ0v) is 12.5. The lowest BCUT2D eigenvalue weighted by molar-refractivity contribution is -0.124. The maximum Gasteiger partial charge on any atom is 0.234 e. The molecule has 1 amide bonds. The molecular weight excluding hydrogens is 290 g/mol. The summed E-state index contributed by atoms with van der Waals surface area (Å²) >= 11 is 5.96. The molecule has 0 radical (unpaired) electrons. The first-order valence-electron chi connectivity index (χ1n) is 6.78. The number of nitrogens with one attached hydrogen (secondary N) is 1. The van der Waals surface area contributed by atoms with E-state index in [0.717, 1.165) is 23.5 Å². The fourth-order valence-electron chi connectivity index (χ4n) is 2.42. The van der Waals surface area contributed by atoms with Crippen molar-refractivity contribution in [1.29, 1.82) is 0 Å². The standard InChI is InChI=1S/C14H16ClN5O/c1-10-6-11(15)2-3-13(10)20-8-12(17-18-20)7-19-5-4-16-14(21)9-19/h2-3,6,8H,4-5,7,9H2,1H3,(H,16,21). The summed E-state index contributed by atoms with van der Waals surface area (Å²) in [6.45, 7) is 4.53. The van der Waals surface area contributed by atoms with Crippen molar-refractivity contribution in [3.05, 3.63) is 40.7 Å². The van der Waals surface area contributed by atoms with Crippen LogP contribution in [0.15, 0.2) is 24.4 Å². The molecule has 2 aromatic rings. The number of benzene rings is 1. The van der Waals surface area contributed by atoms with E-state index in [0.29, 0.717) is 24.7 Å². The first kappa shape index (κ1) is 14.0. The van der Waals surface area contributed by atoms with E-state index in [9.17, 15) is 4.79 Å². The highest BCUT2D eigenvalue weighted by atomic mass is 35.5. The smallest absolute Gasteiger partial charge is 0.234 e. The molecule has 1 aliphatic rings. The van der Waals surface area contributed by atoms with Gasteiger partial charge in [0, 0.05) is 24.7 Å². The Kier molecular flexibility index (Phi) is 3.90. The number of amides is 1. The van der Waals surface area contributed by atoms with Gasteiger partial charge in [0.25, 0.3) is 0 Å². The van der Waals surface area contributed by atoms with Crippen LogP contribution in [0.25, 0.3) is 5.69 Å². The van der Waals surface area contributed by atoms with Gasteiger partial charge in [0.1, 0.15) is 0 Å². The van der Waals surface area contributed by atoms with E-state index in [1.165, 1.54) is 0 Å². The molecule has 0 saturated carbocycles. The highest BCUT2D eigenvalue weighted by Gasteiger charge is 2.17. The van der Waals surface area contributed by atoms with Gasteiger partial charge in [-0.15, -0.1) is 5.10 Å². The van der Waals surface area contributed by atoms with Crippen LogP contribution in [0.4, 0.5) is 0 Å². The van der Waals surface area contributed by atoms with Crippen LogP contribution in [0, 0.1) is 6.92 Å². The van der Waals surface area contributed by atoms with Crippen LogP contribution in [0.1, 0.15) is 11.3 Å². The number of nitrogens with zero attached hydrogens (tertiary/aromatic N) is 4. The summed E-state index contributed by atoms with van der Waals surface area (Å²) in [6, 6.07) is 5.65. The predicted molar refractivity (Wildman–Crippen MR) is 79.4 cm³/mol. The molecule has 0 bridgehead atoms. The van der Waals surface area contributed by atoms with E-state index >= 15 is 0 Å². The summed E-state index contributed by atoms with van der Waals surface area (Å²) in [5.74, 6) is 0.0576. The molecule has 7 heteroatoms. The highest BCUT2D eigenvalue weighted by molar-refractivity contribution is 6.30.